The third kappa shape index (κ3) is 5.81. The number of hydrogen-bond acceptors (Lipinski definition) is 6. The molecule has 2 N–H and O–H groups in total. The number of anilines is 1. The van der Waals surface area contributed by atoms with Gasteiger partial charge in [0.05, 0.1) is 12.3 Å². The highest BCUT2D eigenvalue weighted by molar-refractivity contribution is 7.12. The predicted molar refractivity (Wildman–Crippen MR) is 121 cm³/mol. The number of hydrogen-bond donors (Lipinski definition) is 2. The second kappa shape index (κ2) is 10.1. The molecule has 0 saturated carbocycles. The Balaban J connectivity index is 1.51. The van der Waals surface area contributed by atoms with Gasteiger partial charge in [-0.05, 0) is 49.1 Å². The van der Waals surface area contributed by atoms with Crippen LogP contribution >= 0.6 is 11.3 Å². The lowest BCUT2D eigenvalue weighted by Gasteiger charge is -2.14. The van der Waals surface area contributed by atoms with Crippen LogP contribution in [0.15, 0.2) is 42.5 Å². The van der Waals surface area contributed by atoms with Gasteiger partial charge < -0.3 is 15.2 Å². The smallest absolute Gasteiger partial charge is 0.142 e. The zero-order valence-electron chi connectivity index (χ0n) is 17.1. The standard InChI is InChI=1S/C23H27N3O2S/c1-16(2)19-9-6-10-20(23(19)27)24-14-7-15-28-21-11-5-4-8-18(21)12-13-22-26-25-17(3)29-22/h4-6,8-13,16,24,27H,7,14-15H2,1-3H3. The number of ether oxygens (including phenoxy) is 1. The SMILES string of the molecule is Cc1nnc(C=Cc2ccccc2OCCCNc2cccc(C(C)C)c2O)s1. The molecule has 5 nitrogen and oxygen atoms in total. The summed E-state index contributed by atoms with van der Waals surface area (Å²) >= 11 is 1.56. The van der Waals surface area contributed by atoms with Crippen molar-refractivity contribution in [3.63, 3.8) is 0 Å². The Labute approximate surface area is 176 Å². The molecule has 152 valence electrons. The molecule has 6 heteroatoms. The lowest BCUT2D eigenvalue weighted by Crippen LogP contribution is -2.08. The van der Waals surface area contributed by atoms with Gasteiger partial charge in [0.25, 0.3) is 0 Å². The predicted octanol–water partition coefficient (Wildman–Crippen LogP) is 5.73. The molecule has 1 aromatic heterocycles. The lowest BCUT2D eigenvalue weighted by atomic mass is 10.0. The van der Waals surface area contributed by atoms with Gasteiger partial charge in [0.1, 0.15) is 21.5 Å². The van der Waals surface area contributed by atoms with Crippen molar-refractivity contribution in [1.29, 1.82) is 0 Å². The van der Waals surface area contributed by atoms with Crippen LogP contribution in [0.25, 0.3) is 12.2 Å². The molecule has 1 heterocycles. The Kier molecular flexibility index (Phi) is 7.25. The van der Waals surface area contributed by atoms with E-state index in [2.05, 4.69) is 29.4 Å². The summed E-state index contributed by atoms with van der Waals surface area (Å²) in [4.78, 5) is 0. The fourth-order valence-electron chi connectivity index (χ4n) is 2.94. The number of aromatic nitrogens is 2. The van der Waals surface area contributed by atoms with E-state index in [-0.39, 0.29) is 5.92 Å². The quantitative estimate of drug-likeness (QED) is 0.349. The van der Waals surface area contributed by atoms with Crippen molar-refractivity contribution in [3.8, 4) is 11.5 Å². The van der Waals surface area contributed by atoms with Crippen LogP contribution in [-0.2, 0) is 0 Å². The molecule has 0 aliphatic carbocycles. The molecule has 0 aliphatic rings. The van der Waals surface area contributed by atoms with E-state index in [0.717, 1.165) is 45.5 Å². The van der Waals surface area contributed by atoms with E-state index in [1.807, 2.05) is 61.5 Å². The number of benzene rings is 2. The van der Waals surface area contributed by atoms with E-state index in [0.29, 0.717) is 12.4 Å². The van der Waals surface area contributed by atoms with Crippen molar-refractivity contribution in [2.24, 2.45) is 0 Å². The van der Waals surface area contributed by atoms with Crippen LogP contribution in [0.2, 0.25) is 0 Å². The van der Waals surface area contributed by atoms with Crippen LogP contribution in [0.5, 0.6) is 11.5 Å². The highest BCUT2D eigenvalue weighted by atomic mass is 32.1. The van der Waals surface area contributed by atoms with Crippen LogP contribution < -0.4 is 10.1 Å². The monoisotopic (exact) mass is 409 g/mol. The van der Waals surface area contributed by atoms with Crippen LogP contribution in [-0.4, -0.2) is 28.5 Å². The third-order valence-electron chi connectivity index (χ3n) is 4.45. The number of para-hydroxylation sites is 2. The van der Waals surface area contributed by atoms with Gasteiger partial charge in [0.2, 0.25) is 0 Å². The number of rotatable bonds is 9. The Bertz CT molecular complexity index is 966. The third-order valence-corrected chi connectivity index (χ3v) is 5.25. The maximum absolute atomic E-state index is 10.4. The fraction of sp³-hybridized carbons (Fsp3) is 0.304. The first-order valence-corrected chi connectivity index (χ1v) is 10.6. The second-order valence-electron chi connectivity index (χ2n) is 7.06. The van der Waals surface area contributed by atoms with Gasteiger partial charge in [-0.3, -0.25) is 0 Å². The highest BCUT2D eigenvalue weighted by Crippen LogP contribution is 2.32. The van der Waals surface area contributed by atoms with Crippen LogP contribution in [0.4, 0.5) is 5.69 Å². The summed E-state index contributed by atoms with van der Waals surface area (Å²) in [5.41, 5.74) is 2.74. The van der Waals surface area contributed by atoms with Crippen LogP contribution in [0.1, 0.15) is 47.3 Å². The van der Waals surface area contributed by atoms with Gasteiger partial charge in [0, 0.05) is 12.1 Å². The largest absolute Gasteiger partial charge is 0.505 e. The molecule has 0 atom stereocenters. The van der Waals surface area contributed by atoms with E-state index in [1.54, 1.807) is 11.3 Å². The number of nitrogens with one attached hydrogen (secondary N) is 1. The average Bonchev–Trinajstić information content (AvgIpc) is 3.13. The molecule has 0 amide bonds. The molecule has 0 aliphatic heterocycles. The molecule has 3 aromatic rings. The highest BCUT2D eigenvalue weighted by Gasteiger charge is 2.09. The molecule has 0 spiro atoms. The molecule has 2 aromatic carbocycles. The molecule has 29 heavy (non-hydrogen) atoms. The minimum absolute atomic E-state index is 0.286. The number of aromatic hydroxyl groups is 1. The average molecular weight is 410 g/mol. The molecular formula is C23H27N3O2S. The topological polar surface area (TPSA) is 67.3 Å². The molecule has 0 saturated heterocycles. The Morgan fingerprint density at radius 2 is 1.93 bits per heavy atom. The molecule has 0 unspecified atom stereocenters. The summed E-state index contributed by atoms with van der Waals surface area (Å²) in [6.45, 7) is 7.39. The number of nitrogens with zero attached hydrogens (tertiary/aromatic N) is 2. The van der Waals surface area contributed by atoms with E-state index in [4.69, 9.17) is 4.74 Å². The second-order valence-corrected chi connectivity index (χ2v) is 8.27. The fourth-order valence-corrected chi connectivity index (χ4v) is 3.54. The van der Waals surface area contributed by atoms with Crippen LogP contribution in [0.3, 0.4) is 0 Å². The van der Waals surface area contributed by atoms with Gasteiger partial charge in [-0.25, -0.2) is 0 Å². The Morgan fingerprint density at radius 1 is 1.10 bits per heavy atom. The van der Waals surface area contributed by atoms with Crippen molar-refractivity contribution < 1.29 is 9.84 Å². The lowest BCUT2D eigenvalue weighted by molar-refractivity contribution is 0.314. The summed E-state index contributed by atoms with van der Waals surface area (Å²) < 4.78 is 5.97. The summed E-state index contributed by atoms with van der Waals surface area (Å²) in [5, 5.41) is 23.6. The maximum Gasteiger partial charge on any atom is 0.142 e. The number of phenolic OH excluding ortho intramolecular Hbond substituents is 1. The minimum atomic E-state index is 0.286. The first-order chi connectivity index (χ1) is 14.0. The Morgan fingerprint density at radius 3 is 2.69 bits per heavy atom. The Hall–Kier alpha value is -2.86. The van der Waals surface area contributed by atoms with Gasteiger partial charge in [0.15, 0.2) is 0 Å². The maximum atomic E-state index is 10.4. The first kappa shape index (κ1) is 20.9. The van der Waals surface area contributed by atoms with Gasteiger partial charge in [-0.2, -0.15) is 0 Å². The van der Waals surface area contributed by atoms with Crippen molar-refractivity contribution in [3.05, 3.63) is 63.6 Å². The van der Waals surface area contributed by atoms with Crippen molar-refractivity contribution in [1.82, 2.24) is 10.2 Å². The van der Waals surface area contributed by atoms with Crippen molar-refractivity contribution in [2.45, 2.75) is 33.1 Å². The van der Waals surface area contributed by atoms with Gasteiger partial charge in [-0.1, -0.05) is 55.5 Å². The molecule has 0 fully saturated rings. The zero-order valence-corrected chi connectivity index (χ0v) is 17.9. The summed E-state index contributed by atoms with van der Waals surface area (Å²) in [6.07, 6.45) is 4.78. The normalized spacial score (nSPS) is 11.3. The number of phenols is 1. The molecular weight excluding hydrogens is 382 g/mol. The van der Waals surface area contributed by atoms with E-state index < -0.39 is 0 Å². The van der Waals surface area contributed by atoms with Crippen molar-refractivity contribution >= 4 is 29.2 Å². The molecule has 0 radical (unpaired) electrons. The van der Waals surface area contributed by atoms with Crippen molar-refractivity contribution in [2.75, 3.05) is 18.5 Å². The minimum Gasteiger partial charge on any atom is -0.505 e. The zero-order chi connectivity index (χ0) is 20.6. The summed E-state index contributed by atoms with van der Waals surface area (Å²) in [6, 6.07) is 13.8. The van der Waals surface area contributed by atoms with E-state index in [1.165, 1.54) is 0 Å². The number of aryl methyl sites for hydroxylation is 1. The first-order valence-electron chi connectivity index (χ1n) is 9.80. The summed E-state index contributed by atoms with van der Waals surface area (Å²) in [5.74, 6) is 1.47. The van der Waals surface area contributed by atoms with Gasteiger partial charge >= 0.3 is 0 Å². The van der Waals surface area contributed by atoms with Gasteiger partial charge in [-0.15, -0.1) is 10.2 Å². The molecule has 3 rings (SSSR count). The molecule has 0 bridgehead atoms. The van der Waals surface area contributed by atoms with E-state index in [9.17, 15) is 5.11 Å². The van der Waals surface area contributed by atoms with E-state index >= 15 is 0 Å². The van der Waals surface area contributed by atoms with Crippen LogP contribution in [0, 0.1) is 6.92 Å². The summed E-state index contributed by atoms with van der Waals surface area (Å²) in [7, 11) is 0.